The summed E-state index contributed by atoms with van der Waals surface area (Å²) in [7, 11) is 1.64. The van der Waals surface area contributed by atoms with Gasteiger partial charge in [0.05, 0.1) is 19.8 Å². The maximum Gasteiger partial charge on any atom is 0.194 e. The zero-order valence-electron chi connectivity index (χ0n) is 16.8. The fraction of sp³-hybridized carbons (Fsp3) is 0.435. The van der Waals surface area contributed by atoms with Crippen LogP contribution in [0.5, 0.6) is 5.75 Å². The van der Waals surface area contributed by atoms with E-state index in [1.165, 1.54) is 12.0 Å². The lowest BCUT2D eigenvalue weighted by atomic mass is 9.99. The molecule has 1 fully saturated rings. The highest BCUT2D eigenvalue weighted by atomic mass is 16.5. The molecule has 5 heteroatoms. The van der Waals surface area contributed by atoms with Gasteiger partial charge in [0.15, 0.2) is 5.96 Å². The first-order valence-corrected chi connectivity index (χ1v) is 10.1. The minimum absolute atomic E-state index is 0.342. The Morgan fingerprint density at radius 3 is 2.64 bits per heavy atom. The Bertz CT molecular complexity index is 746. The molecular weight excluding hydrogens is 350 g/mol. The molecular formula is C23H31N3O2. The second-order valence-electron chi connectivity index (χ2n) is 7.27. The third-order valence-corrected chi connectivity index (χ3v) is 5.20. The van der Waals surface area contributed by atoms with Gasteiger partial charge >= 0.3 is 0 Å². The summed E-state index contributed by atoms with van der Waals surface area (Å²) in [4.78, 5) is 7.02. The van der Waals surface area contributed by atoms with Gasteiger partial charge in [-0.1, -0.05) is 42.5 Å². The van der Waals surface area contributed by atoms with Crippen molar-refractivity contribution in [1.82, 2.24) is 10.2 Å². The molecule has 2 unspecified atom stereocenters. The first-order valence-electron chi connectivity index (χ1n) is 10.1. The molecule has 1 aliphatic rings. The van der Waals surface area contributed by atoms with Crippen molar-refractivity contribution in [3.63, 3.8) is 0 Å². The number of aliphatic hydroxyl groups is 1. The fourth-order valence-electron chi connectivity index (χ4n) is 3.67. The van der Waals surface area contributed by atoms with Crippen LogP contribution < -0.4 is 10.1 Å². The van der Waals surface area contributed by atoms with E-state index in [-0.39, 0.29) is 0 Å². The van der Waals surface area contributed by atoms with E-state index in [0.717, 1.165) is 43.3 Å². The van der Waals surface area contributed by atoms with Gasteiger partial charge in [-0.25, -0.2) is 0 Å². The van der Waals surface area contributed by atoms with Gasteiger partial charge in [-0.05, 0) is 48.9 Å². The van der Waals surface area contributed by atoms with Crippen LogP contribution in [-0.2, 0) is 6.42 Å². The summed E-state index contributed by atoms with van der Waals surface area (Å²) < 4.78 is 5.17. The van der Waals surface area contributed by atoms with Gasteiger partial charge in [0, 0.05) is 19.6 Å². The van der Waals surface area contributed by atoms with E-state index >= 15 is 0 Å². The van der Waals surface area contributed by atoms with Gasteiger partial charge in [-0.3, -0.25) is 4.99 Å². The lowest BCUT2D eigenvalue weighted by Gasteiger charge is -2.22. The van der Waals surface area contributed by atoms with Crippen LogP contribution in [0, 0.1) is 5.92 Å². The molecule has 1 aliphatic heterocycles. The normalized spacial score (nSPS) is 18.2. The number of aliphatic imine (C=N–C) groups is 1. The predicted octanol–water partition coefficient (Wildman–Crippen LogP) is 3.26. The molecule has 2 atom stereocenters. The number of hydrogen-bond donors (Lipinski definition) is 2. The summed E-state index contributed by atoms with van der Waals surface area (Å²) in [5.74, 6) is 2.32. The lowest BCUT2D eigenvalue weighted by Crippen LogP contribution is -2.40. The highest BCUT2D eigenvalue weighted by Crippen LogP contribution is 2.22. The maximum atomic E-state index is 10.5. The van der Waals surface area contributed by atoms with E-state index < -0.39 is 6.10 Å². The number of ether oxygens (including phenoxy) is 1. The number of nitrogens with one attached hydrogen (secondary N) is 1. The number of guanidine groups is 1. The minimum Gasteiger partial charge on any atom is -0.497 e. The average Bonchev–Trinajstić information content (AvgIpc) is 3.20. The van der Waals surface area contributed by atoms with Crippen LogP contribution >= 0.6 is 0 Å². The second-order valence-corrected chi connectivity index (χ2v) is 7.27. The molecule has 2 aromatic rings. The molecule has 0 bridgehead atoms. The highest BCUT2D eigenvalue weighted by Gasteiger charge is 2.25. The van der Waals surface area contributed by atoms with Crippen molar-refractivity contribution in [2.45, 2.75) is 25.9 Å². The number of aliphatic hydroxyl groups excluding tert-OH is 1. The van der Waals surface area contributed by atoms with Crippen LogP contribution in [0.4, 0.5) is 0 Å². The maximum absolute atomic E-state index is 10.5. The molecule has 2 aromatic carbocycles. The van der Waals surface area contributed by atoms with Gasteiger partial charge in [-0.2, -0.15) is 0 Å². The first-order chi connectivity index (χ1) is 13.7. The number of nitrogens with zero attached hydrogens (tertiary/aromatic N) is 2. The fourth-order valence-corrected chi connectivity index (χ4v) is 3.67. The SMILES string of the molecule is CCNC(=NCC(O)c1ccc(OC)cc1)N1CCC(Cc2ccccc2)C1. The molecule has 0 saturated carbocycles. The summed E-state index contributed by atoms with van der Waals surface area (Å²) >= 11 is 0. The molecule has 1 saturated heterocycles. The molecule has 3 rings (SSSR count). The zero-order chi connectivity index (χ0) is 19.8. The van der Waals surface area contributed by atoms with E-state index in [1.807, 2.05) is 24.3 Å². The molecule has 0 aromatic heterocycles. The topological polar surface area (TPSA) is 57.1 Å². The van der Waals surface area contributed by atoms with Crippen LogP contribution in [-0.4, -0.2) is 49.3 Å². The Labute approximate surface area is 168 Å². The summed E-state index contributed by atoms with van der Waals surface area (Å²) in [5.41, 5.74) is 2.25. The monoisotopic (exact) mass is 381 g/mol. The summed E-state index contributed by atoms with van der Waals surface area (Å²) in [6.45, 7) is 5.24. The van der Waals surface area contributed by atoms with Gasteiger partial charge in [0.25, 0.3) is 0 Å². The standard InChI is InChI=1S/C23H31N3O2/c1-3-24-23(25-16-22(27)20-9-11-21(28-2)12-10-20)26-14-13-19(17-26)15-18-7-5-4-6-8-18/h4-12,19,22,27H,3,13-17H2,1-2H3,(H,24,25). The third-order valence-electron chi connectivity index (χ3n) is 5.20. The third kappa shape index (κ3) is 5.49. The number of methoxy groups -OCH3 is 1. The average molecular weight is 382 g/mol. The van der Waals surface area contributed by atoms with Crippen LogP contribution in [0.15, 0.2) is 59.6 Å². The van der Waals surface area contributed by atoms with Crippen LogP contribution in [0.25, 0.3) is 0 Å². The molecule has 0 spiro atoms. The molecule has 28 heavy (non-hydrogen) atoms. The van der Waals surface area contributed by atoms with E-state index in [4.69, 9.17) is 9.73 Å². The van der Waals surface area contributed by atoms with Crippen molar-refractivity contribution >= 4 is 5.96 Å². The van der Waals surface area contributed by atoms with E-state index in [0.29, 0.717) is 12.5 Å². The van der Waals surface area contributed by atoms with Crippen LogP contribution in [0.3, 0.4) is 0 Å². The number of rotatable bonds is 7. The quantitative estimate of drug-likeness (QED) is 0.571. The van der Waals surface area contributed by atoms with Gasteiger partial charge in [0.2, 0.25) is 0 Å². The number of benzene rings is 2. The van der Waals surface area contributed by atoms with E-state index in [9.17, 15) is 5.11 Å². The Hall–Kier alpha value is -2.53. The Morgan fingerprint density at radius 2 is 1.96 bits per heavy atom. The Kier molecular flexibility index (Phi) is 7.31. The molecule has 2 N–H and O–H groups in total. The summed E-state index contributed by atoms with van der Waals surface area (Å²) in [6, 6.07) is 18.2. The van der Waals surface area contributed by atoms with Crippen molar-refractivity contribution < 1.29 is 9.84 Å². The molecule has 150 valence electrons. The largest absolute Gasteiger partial charge is 0.497 e. The predicted molar refractivity (Wildman–Crippen MR) is 114 cm³/mol. The summed E-state index contributed by atoms with van der Waals surface area (Å²) in [6.07, 6.45) is 1.65. The molecule has 0 radical (unpaired) electrons. The van der Waals surface area contributed by atoms with Crippen molar-refractivity contribution in [3.05, 3.63) is 65.7 Å². The molecule has 1 heterocycles. The zero-order valence-corrected chi connectivity index (χ0v) is 16.8. The molecule has 0 aliphatic carbocycles. The van der Waals surface area contributed by atoms with Gasteiger partial charge < -0.3 is 20.1 Å². The summed E-state index contributed by atoms with van der Waals surface area (Å²) in [5, 5.41) is 13.9. The number of hydrogen-bond acceptors (Lipinski definition) is 3. The van der Waals surface area contributed by atoms with Crippen LogP contribution in [0.1, 0.15) is 30.6 Å². The lowest BCUT2D eigenvalue weighted by molar-refractivity contribution is 0.186. The van der Waals surface area contributed by atoms with Crippen molar-refractivity contribution in [2.75, 3.05) is 33.3 Å². The Morgan fingerprint density at radius 1 is 1.21 bits per heavy atom. The van der Waals surface area contributed by atoms with Gasteiger partial charge in [-0.15, -0.1) is 0 Å². The second kappa shape index (κ2) is 10.1. The van der Waals surface area contributed by atoms with E-state index in [1.54, 1.807) is 7.11 Å². The van der Waals surface area contributed by atoms with Crippen molar-refractivity contribution in [2.24, 2.45) is 10.9 Å². The van der Waals surface area contributed by atoms with Gasteiger partial charge in [0.1, 0.15) is 5.75 Å². The highest BCUT2D eigenvalue weighted by molar-refractivity contribution is 5.80. The van der Waals surface area contributed by atoms with E-state index in [2.05, 4.69) is 47.5 Å². The molecule has 0 amide bonds. The Balaban J connectivity index is 1.59. The van der Waals surface area contributed by atoms with Crippen molar-refractivity contribution in [1.29, 1.82) is 0 Å². The molecule has 5 nitrogen and oxygen atoms in total. The smallest absolute Gasteiger partial charge is 0.194 e. The first kappa shape index (κ1) is 20.2. The number of likely N-dealkylation sites (tertiary alicyclic amines) is 1. The minimum atomic E-state index is -0.623. The van der Waals surface area contributed by atoms with Crippen LogP contribution in [0.2, 0.25) is 0 Å². The van der Waals surface area contributed by atoms with Crippen molar-refractivity contribution in [3.8, 4) is 5.75 Å².